The number of esters is 1. The molecule has 0 aliphatic carbocycles. The Balaban J connectivity index is 1.82. The summed E-state index contributed by atoms with van der Waals surface area (Å²) in [6.45, 7) is 7.26. The highest BCUT2D eigenvalue weighted by molar-refractivity contribution is 7.42. The zero-order valence-electron chi connectivity index (χ0n) is 19.7. The molecule has 34 heavy (non-hydrogen) atoms. The second-order valence-corrected chi connectivity index (χ2v) is 9.61. The van der Waals surface area contributed by atoms with Crippen LogP contribution in [0.25, 0.3) is 0 Å². The van der Waals surface area contributed by atoms with Gasteiger partial charge in [-0.1, -0.05) is 31.2 Å². The number of phenolic OH excluding ortho intramolecular Hbond substituents is 1. The minimum Gasteiger partial charge on any atom is -0.507 e. The number of carboxylic acids is 1. The van der Waals surface area contributed by atoms with E-state index in [9.17, 15) is 24.4 Å². The molecule has 0 amide bonds. The lowest BCUT2D eigenvalue weighted by Gasteiger charge is -2.16. The second kappa shape index (κ2) is 10.8. The summed E-state index contributed by atoms with van der Waals surface area (Å²) < 4.78 is 18.2. The number of aromatic hydroxyl groups is 1. The Kier molecular flexibility index (Phi) is 8.07. The molecule has 2 aromatic carbocycles. The molecule has 0 radical (unpaired) electrons. The number of hydrogen-bond acceptors (Lipinski definition) is 6. The first-order chi connectivity index (χ1) is 16.1. The number of para-hydroxylation sites is 1. The molecule has 2 aromatic rings. The highest BCUT2D eigenvalue weighted by Gasteiger charge is 2.39. The van der Waals surface area contributed by atoms with Crippen molar-refractivity contribution in [2.45, 2.75) is 53.2 Å². The topological polar surface area (TPSA) is 113 Å². The molecule has 0 fully saturated rings. The van der Waals surface area contributed by atoms with Crippen molar-refractivity contribution >= 4 is 19.9 Å². The summed E-state index contributed by atoms with van der Waals surface area (Å²) in [7, 11) is -2.22. The Bertz CT molecular complexity index is 1140. The quantitative estimate of drug-likeness (QED) is 0.210. The second-order valence-electron chi connectivity index (χ2n) is 8.20. The predicted molar refractivity (Wildman–Crippen MR) is 127 cm³/mol. The number of benzene rings is 2. The van der Waals surface area contributed by atoms with E-state index in [1.807, 2.05) is 19.9 Å². The molecule has 0 saturated carbocycles. The van der Waals surface area contributed by atoms with Crippen molar-refractivity contribution < 1.29 is 33.9 Å². The standard InChI is InChI=1S/C25H28NO7P/c1-5-19-16(3)21-13-32-25(30)22(21)23(27)20(19)12-11-15(2)14-34(31)26(17(4)24(28)29)33-18-9-7-6-8-10-18/h6-11,17H,5,12-14H2,1-4H3,(H-,27,28,29,30)/p+1/t17-/m0/s1. The van der Waals surface area contributed by atoms with Gasteiger partial charge in [-0.2, -0.15) is 0 Å². The highest BCUT2D eigenvalue weighted by atomic mass is 31.1. The Morgan fingerprint density at radius 2 is 1.97 bits per heavy atom. The summed E-state index contributed by atoms with van der Waals surface area (Å²) in [5.41, 5.74) is 4.22. The molecule has 2 N–H and O–H groups in total. The Hall–Kier alpha value is -3.22. The summed E-state index contributed by atoms with van der Waals surface area (Å²) in [4.78, 5) is 30.3. The van der Waals surface area contributed by atoms with Gasteiger partial charge >= 0.3 is 19.9 Å². The highest BCUT2D eigenvalue weighted by Crippen LogP contribution is 2.39. The molecule has 0 aromatic heterocycles. The van der Waals surface area contributed by atoms with E-state index in [1.54, 1.807) is 37.3 Å². The van der Waals surface area contributed by atoms with E-state index < -0.39 is 25.9 Å². The van der Waals surface area contributed by atoms with Crippen LogP contribution in [-0.4, -0.2) is 39.2 Å². The van der Waals surface area contributed by atoms with Gasteiger partial charge in [-0.15, -0.1) is 0 Å². The third-order valence-corrected chi connectivity index (χ3v) is 7.53. The molecule has 2 atom stereocenters. The third kappa shape index (κ3) is 5.29. The first kappa shape index (κ1) is 25.4. The first-order valence-corrected chi connectivity index (χ1v) is 12.4. The number of phenols is 1. The molecule has 0 bridgehead atoms. The maximum atomic E-state index is 13.1. The summed E-state index contributed by atoms with van der Waals surface area (Å²) >= 11 is 0. The molecule has 3 rings (SSSR count). The Morgan fingerprint density at radius 3 is 2.59 bits per heavy atom. The van der Waals surface area contributed by atoms with E-state index >= 15 is 0 Å². The zero-order valence-corrected chi connectivity index (χ0v) is 20.6. The van der Waals surface area contributed by atoms with Gasteiger partial charge in [-0.3, -0.25) is 4.79 Å². The van der Waals surface area contributed by atoms with Gasteiger partial charge in [-0.05, 0) is 67.0 Å². The molecule has 8 nitrogen and oxygen atoms in total. The van der Waals surface area contributed by atoms with Crippen molar-refractivity contribution in [3.8, 4) is 11.5 Å². The maximum Gasteiger partial charge on any atom is 0.475 e. The van der Waals surface area contributed by atoms with E-state index in [0.717, 1.165) is 27.1 Å². The molecule has 1 aliphatic rings. The number of cyclic esters (lactones) is 1. The lowest BCUT2D eigenvalue weighted by Crippen LogP contribution is -2.36. The number of carbonyl (C=O) groups is 2. The van der Waals surface area contributed by atoms with Crippen molar-refractivity contribution in [1.82, 2.24) is 4.83 Å². The van der Waals surface area contributed by atoms with E-state index in [2.05, 4.69) is 0 Å². The van der Waals surface area contributed by atoms with Gasteiger partial charge < -0.3 is 19.8 Å². The van der Waals surface area contributed by atoms with Crippen molar-refractivity contribution in [2.75, 3.05) is 6.16 Å². The molecule has 1 aliphatic heterocycles. The van der Waals surface area contributed by atoms with E-state index in [4.69, 9.17) is 9.57 Å². The van der Waals surface area contributed by atoms with E-state index in [-0.39, 0.29) is 24.1 Å². The molecule has 9 heteroatoms. The number of nitrogens with zero attached hydrogens (tertiary/aromatic N) is 1. The van der Waals surface area contributed by atoms with E-state index in [1.165, 1.54) is 6.92 Å². The van der Waals surface area contributed by atoms with Crippen LogP contribution in [0.1, 0.15) is 53.4 Å². The van der Waals surface area contributed by atoms with Crippen LogP contribution in [0, 0.1) is 6.92 Å². The molecule has 0 saturated heterocycles. The van der Waals surface area contributed by atoms with Gasteiger partial charge in [0.15, 0.2) is 18.0 Å². The number of hydroxylamine groups is 1. The molecular weight excluding hydrogens is 457 g/mol. The molecule has 180 valence electrons. The summed E-state index contributed by atoms with van der Waals surface area (Å²) in [5, 5.41) is 20.3. The van der Waals surface area contributed by atoms with Gasteiger partial charge in [0.05, 0.1) is 4.83 Å². The van der Waals surface area contributed by atoms with Crippen molar-refractivity contribution in [3.05, 3.63) is 69.8 Å². The summed E-state index contributed by atoms with van der Waals surface area (Å²) in [6, 6.07) is 7.46. The fraction of sp³-hybridized carbons (Fsp3) is 0.360. The van der Waals surface area contributed by atoms with Crippen LogP contribution in [0.4, 0.5) is 0 Å². The Morgan fingerprint density at radius 1 is 1.29 bits per heavy atom. The van der Waals surface area contributed by atoms with Crippen LogP contribution in [0.3, 0.4) is 0 Å². The smallest absolute Gasteiger partial charge is 0.475 e. The molecule has 1 unspecified atom stereocenters. The van der Waals surface area contributed by atoms with Crippen LogP contribution in [0.15, 0.2) is 42.0 Å². The lowest BCUT2D eigenvalue weighted by molar-refractivity contribution is -0.147. The first-order valence-electron chi connectivity index (χ1n) is 11.0. The van der Waals surface area contributed by atoms with Crippen molar-refractivity contribution in [1.29, 1.82) is 0 Å². The lowest BCUT2D eigenvalue weighted by atomic mass is 9.89. The zero-order chi connectivity index (χ0) is 25.0. The number of carboxylic acid groups (broad SMARTS) is 1. The van der Waals surface area contributed by atoms with Gasteiger partial charge in [0.1, 0.15) is 17.9 Å². The van der Waals surface area contributed by atoms with Crippen LogP contribution in [-0.2, 0) is 33.5 Å². The average Bonchev–Trinajstić information content (AvgIpc) is 3.20. The monoisotopic (exact) mass is 486 g/mol. The van der Waals surface area contributed by atoms with Crippen LogP contribution in [0.5, 0.6) is 11.5 Å². The Labute approximate surface area is 199 Å². The largest absolute Gasteiger partial charge is 0.507 e. The van der Waals surface area contributed by atoms with Crippen LogP contribution >= 0.6 is 7.95 Å². The van der Waals surface area contributed by atoms with Gasteiger partial charge in [0, 0.05) is 11.1 Å². The number of hydrogen-bond donors (Lipinski definition) is 2. The van der Waals surface area contributed by atoms with Crippen molar-refractivity contribution in [2.24, 2.45) is 0 Å². The number of allylic oxidation sites excluding steroid dienone is 2. The van der Waals surface area contributed by atoms with Gasteiger partial charge in [0.25, 0.3) is 0 Å². The van der Waals surface area contributed by atoms with Crippen molar-refractivity contribution in [3.63, 3.8) is 0 Å². The number of rotatable bonds is 10. The third-order valence-electron chi connectivity index (χ3n) is 5.89. The minimum absolute atomic E-state index is 0.0677. The molecule has 0 spiro atoms. The van der Waals surface area contributed by atoms with Gasteiger partial charge in [0.2, 0.25) is 0 Å². The number of carbonyl (C=O) groups excluding carboxylic acids is 1. The SMILES string of the molecule is CCc1c(C)c2c(c(O)c1CC=C(C)C[P+](=O)N(Oc1ccccc1)[C@@H](C)C(=O)O)C(=O)OC2. The number of ether oxygens (including phenoxy) is 1. The van der Waals surface area contributed by atoms with Crippen LogP contribution < -0.4 is 4.84 Å². The maximum absolute atomic E-state index is 13.1. The number of aliphatic carboxylic acids is 1. The molecular formula is C25H29NO7P+. The fourth-order valence-electron chi connectivity index (χ4n) is 3.97. The fourth-order valence-corrected chi connectivity index (χ4v) is 5.33. The normalized spacial score (nSPS) is 14.6. The summed E-state index contributed by atoms with van der Waals surface area (Å²) in [6.07, 6.45) is 2.92. The summed E-state index contributed by atoms with van der Waals surface area (Å²) in [5.74, 6) is -1.36. The predicted octanol–water partition coefficient (Wildman–Crippen LogP) is 4.93. The van der Waals surface area contributed by atoms with Crippen LogP contribution in [0.2, 0.25) is 0 Å². The van der Waals surface area contributed by atoms with Gasteiger partial charge in [-0.25, -0.2) is 4.79 Å². The molecule has 1 heterocycles. The number of fused-ring (bicyclic) bond motifs is 1. The van der Waals surface area contributed by atoms with E-state index in [0.29, 0.717) is 24.2 Å². The minimum atomic E-state index is -2.22. The average molecular weight is 486 g/mol.